The summed E-state index contributed by atoms with van der Waals surface area (Å²) >= 11 is 0. The second kappa shape index (κ2) is 4.46. The molecule has 12 heavy (non-hydrogen) atoms. The Morgan fingerprint density at radius 2 is 2.08 bits per heavy atom. The number of amides is 1. The minimum atomic E-state index is 0.0239. The molecular formula is C8H8FN2O. The van der Waals surface area contributed by atoms with Gasteiger partial charge in [-0.15, -0.1) is 4.48 Å². The summed E-state index contributed by atoms with van der Waals surface area (Å²) in [5.74, 6) is 0. The average Bonchev–Trinajstić information content (AvgIpc) is 2.06. The first-order chi connectivity index (χ1) is 5.83. The molecule has 3 nitrogen and oxygen atoms in total. The van der Waals surface area contributed by atoms with E-state index in [0.717, 1.165) is 5.56 Å². The monoisotopic (exact) mass is 167 g/mol. The number of halogens is 1. The van der Waals surface area contributed by atoms with E-state index in [1.54, 1.807) is 29.7 Å². The fraction of sp³-hybridized carbons (Fsp3) is 0.125. The van der Waals surface area contributed by atoms with Gasteiger partial charge < -0.3 is 0 Å². The second-order valence-corrected chi connectivity index (χ2v) is 2.22. The Bertz CT molecular complexity index is 240. The third kappa shape index (κ3) is 2.67. The zero-order valence-electron chi connectivity index (χ0n) is 6.33. The van der Waals surface area contributed by atoms with Crippen molar-refractivity contribution in [1.29, 1.82) is 0 Å². The molecule has 0 heterocycles. The molecule has 1 aromatic rings. The lowest BCUT2D eigenvalue weighted by Gasteiger charge is -2.07. The molecule has 4 heteroatoms. The minimum Gasteiger partial charge on any atom is -0.262 e. The fourth-order valence-electron chi connectivity index (χ4n) is 0.833. The maximum atomic E-state index is 12.5. The summed E-state index contributed by atoms with van der Waals surface area (Å²) in [6.45, 7) is 0.0239. The molecule has 0 aliphatic rings. The molecule has 1 rings (SSSR count). The van der Waals surface area contributed by atoms with Crippen molar-refractivity contribution in [3.05, 3.63) is 35.9 Å². The Morgan fingerprint density at radius 3 is 2.67 bits per heavy atom. The van der Waals surface area contributed by atoms with Gasteiger partial charge in [0, 0.05) is 0 Å². The second-order valence-electron chi connectivity index (χ2n) is 2.22. The zero-order chi connectivity index (χ0) is 8.81. The highest BCUT2D eigenvalue weighted by Gasteiger charge is 2.00. The number of carbonyl (C=O) groups excluding carboxylic acids is 1. The van der Waals surface area contributed by atoms with Crippen LogP contribution in [0.15, 0.2) is 30.3 Å². The molecule has 0 spiro atoms. The number of nitrogens with one attached hydrogen (secondary N) is 1. The highest BCUT2D eigenvalue weighted by molar-refractivity contribution is 5.45. The van der Waals surface area contributed by atoms with Crippen molar-refractivity contribution in [1.82, 2.24) is 10.7 Å². The summed E-state index contributed by atoms with van der Waals surface area (Å²) in [7, 11) is 0. The van der Waals surface area contributed by atoms with Gasteiger partial charge in [0.2, 0.25) is 0 Å². The lowest BCUT2D eigenvalue weighted by molar-refractivity contribution is -0.0168. The zero-order valence-corrected chi connectivity index (χ0v) is 6.33. The van der Waals surface area contributed by atoms with Crippen LogP contribution in [-0.4, -0.2) is 11.6 Å². The lowest BCUT2D eigenvalue weighted by Crippen LogP contribution is -2.28. The SMILES string of the molecule is O=[C]NN(F)Cc1ccccc1. The lowest BCUT2D eigenvalue weighted by atomic mass is 10.2. The van der Waals surface area contributed by atoms with Gasteiger partial charge in [0.05, 0.1) is 6.54 Å². The van der Waals surface area contributed by atoms with Crippen LogP contribution < -0.4 is 5.43 Å². The van der Waals surface area contributed by atoms with Crippen molar-refractivity contribution >= 4 is 6.41 Å². The van der Waals surface area contributed by atoms with E-state index in [0.29, 0.717) is 0 Å². The summed E-state index contributed by atoms with van der Waals surface area (Å²) in [5, 5.41) is 0.169. The number of hydrogen-bond donors (Lipinski definition) is 1. The van der Waals surface area contributed by atoms with Gasteiger partial charge in [-0.25, -0.2) is 0 Å². The predicted octanol–water partition coefficient (Wildman–Crippen LogP) is 0.945. The predicted molar refractivity (Wildman–Crippen MR) is 41.9 cm³/mol. The summed E-state index contributed by atoms with van der Waals surface area (Å²) in [6, 6.07) is 8.96. The number of hydrogen-bond acceptors (Lipinski definition) is 2. The maximum Gasteiger partial charge on any atom is 0.327 e. The van der Waals surface area contributed by atoms with Crippen LogP contribution in [0.25, 0.3) is 0 Å². The molecule has 1 aromatic carbocycles. The maximum absolute atomic E-state index is 12.5. The van der Waals surface area contributed by atoms with E-state index in [9.17, 15) is 9.28 Å². The standard InChI is InChI=1S/C8H8FN2O/c9-11(10-7-12)6-8-4-2-1-3-5-8/h1-5H,6H2,(H,10,12). The van der Waals surface area contributed by atoms with E-state index >= 15 is 0 Å². The van der Waals surface area contributed by atoms with Crippen LogP contribution in [-0.2, 0) is 11.3 Å². The van der Waals surface area contributed by atoms with Crippen LogP contribution in [0, 0.1) is 0 Å². The Balaban J connectivity index is 2.46. The molecule has 1 radical (unpaired) electrons. The summed E-state index contributed by atoms with van der Waals surface area (Å²) < 4.78 is 12.5. The molecular weight excluding hydrogens is 159 g/mol. The molecule has 0 atom stereocenters. The number of nitrogens with zero attached hydrogens (tertiary/aromatic N) is 1. The van der Waals surface area contributed by atoms with Gasteiger partial charge >= 0.3 is 6.41 Å². The first kappa shape index (κ1) is 8.67. The molecule has 0 aromatic heterocycles. The molecule has 0 unspecified atom stereocenters. The molecule has 0 aliphatic carbocycles. The van der Waals surface area contributed by atoms with Crippen molar-refractivity contribution in [2.45, 2.75) is 6.54 Å². The van der Waals surface area contributed by atoms with E-state index in [4.69, 9.17) is 0 Å². The molecule has 63 valence electrons. The van der Waals surface area contributed by atoms with Crippen LogP contribution in [0.5, 0.6) is 0 Å². The number of hydrazine groups is 1. The quantitative estimate of drug-likeness (QED) is 0.411. The van der Waals surface area contributed by atoms with Crippen LogP contribution in [0.1, 0.15) is 5.56 Å². The Labute approximate surface area is 69.7 Å². The Kier molecular flexibility index (Phi) is 3.22. The van der Waals surface area contributed by atoms with Crippen molar-refractivity contribution in [3.8, 4) is 0 Å². The normalized spacial score (nSPS) is 9.83. The number of rotatable bonds is 4. The summed E-state index contributed by atoms with van der Waals surface area (Å²) in [4.78, 5) is 9.69. The van der Waals surface area contributed by atoms with Crippen molar-refractivity contribution in [2.24, 2.45) is 0 Å². The number of benzene rings is 1. The molecule has 1 amide bonds. The van der Waals surface area contributed by atoms with Gasteiger partial charge in [-0.3, -0.25) is 10.2 Å². The molecule has 1 N–H and O–H groups in total. The van der Waals surface area contributed by atoms with Gasteiger partial charge in [-0.1, -0.05) is 35.6 Å². The average molecular weight is 167 g/mol. The first-order valence-corrected chi connectivity index (χ1v) is 3.43. The highest BCUT2D eigenvalue weighted by Crippen LogP contribution is 2.01. The van der Waals surface area contributed by atoms with Gasteiger partial charge in [-0.2, -0.15) is 0 Å². The molecule has 0 bridgehead atoms. The van der Waals surface area contributed by atoms with E-state index < -0.39 is 0 Å². The van der Waals surface area contributed by atoms with E-state index in [1.807, 2.05) is 6.07 Å². The Morgan fingerprint density at radius 1 is 1.42 bits per heavy atom. The van der Waals surface area contributed by atoms with E-state index in [1.165, 1.54) is 6.41 Å². The smallest absolute Gasteiger partial charge is 0.262 e. The van der Waals surface area contributed by atoms with Crippen LogP contribution >= 0.6 is 0 Å². The van der Waals surface area contributed by atoms with Crippen LogP contribution in [0.3, 0.4) is 0 Å². The van der Waals surface area contributed by atoms with Gasteiger partial charge in [0.1, 0.15) is 0 Å². The van der Waals surface area contributed by atoms with Crippen molar-refractivity contribution in [2.75, 3.05) is 0 Å². The van der Waals surface area contributed by atoms with Crippen LogP contribution in [0.4, 0.5) is 4.48 Å². The van der Waals surface area contributed by atoms with Crippen molar-refractivity contribution in [3.63, 3.8) is 0 Å². The fourth-order valence-corrected chi connectivity index (χ4v) is 0.833. The topological polar surface area (TPSA) is 32.3 Å². The van der Waals surface area contributed by atoms with Crippen molar-refractivity contribution < 1.29 is 9.28 Å². The molecule has 0 saturated carbocycles. The highest BCUT2D eigenvalue weighted by atomic mass is 19.2. The molecule has 0 saturated heterocycles. The van der Waals surface area contributed by atoms with Gasteiger partial charge in [-0.05, 0) is 5.56 Å². The van der Waals surface area contributed by atoms with E-state index in [2.05, 4.69) is 0 Å². The first-order valence-electron chi connectivity index (χ1n) is 3.43. The molecule has 0 aliphatic heterocycles. The summed E-state index contributed by atoms with van der Waals surface area (Å²) in [6.07, 6.45) is 1.24. The largest absolute Gasteiger partial charge is 0.327 e. The Hall–Kier alpha value is -1.42. The molecule has 0 fully saturated rings. The summed E-state index contributed by atoms with van der Waals surface area (Å²) in [5.41, 5.74) is 2.54. The third-order valence-electron chi connectivity index (χ3n) is 1.33. The van der Waals surface area contributed by atoms with Gasteiger partial charge in [0.25, 0.3) is 0 Å². The van der Waals surface area contributed by atoms with Crippen LogP contribution in [0.2, 0.25) is 0 Å². The minimum absolute atomic E-state index is 0.0239. The van der Waals surface area contributed by atoms with Gasteiger partial charge in [0.15, 0.2) is 0 Å². The van der Waals surface area contributed by atoms with E-state index in [-0.39, 0.29) is 11.8 Å². The third-order valence-corrected chi connectivity index (χ3v) is 1.33.